The molecule has 108 valence electrons. The number of piperidine rings is 1. The van der Waals surface area contributed by atoms with E-state index in [2.05, 4.69) is 0 Å². The maximum Gasteiger partial charge on any atom is 0.320 e. The van der Waals surface area contributed by atoms with E-state index in [4.69, 9.17) is 9.84 Å². The van der Waals surface area contributed by atoms with E-state index in [0.29, 0.717) is 19.6 Å². The summed E-state index contributed by atoms with van der Waals surface area (Å²) < 4.78 is 5.47. The molecule has 1 unspecified atom stereocenters. The molecule has 2 aliphatic rings. The van der Waals surface area contributed by atoms with Gasteiger partial charge in [-0.1, -0.05) is 0 Å². The second-order valence-electron chi connectivity index (χ2n) is 5.83. The fourth-order valence-electron chi connectivity index (χ4n) is 2.84. The number of nitrogens with zero attached hydrogens (tertiary/aromatic N) is 2. The van der Waals surface area contributed by atoms with E-state index in [1.807, 2.05) is 11.8 Å². The van der Waals surface area contributed by atoms with E-state index >= 15 is 0 Å². The van der Waals surface area contributed by atoms with Crippen LogP contribution < -0.4 is 0 Å². The van der Waals surface area contributed by atoms with Crippen molar-refractivity contribution in [3.05, 3.63) is 0 Å². The Kier molecular flexibility index (Phi) is 3.99. The minimum Gasteiger partial charge on any atom is -0.481 e. The van der Waals surface area contributed by atoms with Gasteiger partial charge in [-0.15, -0.1) is 0 Å². The van der Waals surface area contributed by atoms with Gasteiger partial charge in [0.1, 0.15) is 0 Å². The van der Waals surface area contributed by atoms with Crippen LogP contribution in [0.5, 0.6) is 0 Å². The van der Waals surface area contributed by atoms with Crippen LogP contribution in [0.3, 0.4) is 0 Å². The maximum atomic E-state index is 12.3. The number of ether oxygens (including phenoxy) is 1. The second kappa shape index (κ2) is 5.36. The molecule has 1 N–H and O–H groups in total. The Bertz CT molecular complexity index is 368. The average Bonchev–Trinajstić information content (AvgIpc) is 2.32. The number of rotatable bonds is 3. The SMILES string of the molecule is COC1(C)CCCN(C(=O)N2CC(CC(=O)O)C2)C1. The molecule has 0 aromatic carbocycles. The number of hydrogen-bond acceptors (Lipinski definition) is 3. The van der Waals surface area contributed by atoms with E-state index in [1.54, 1.807) is 12.0 Å². The molecule has 2 rings (SSSR count). The molecule has 2 heterocycles. The van der Waals surface area contributed by atoms with Crippen LogP contribution in [0.15, 0.2) is 0 Å². The van der Waals surface area contributed by atoms with Crippen molar-refractivity contribution in [2.75, 3.05) is 33.3 Å². The first kappa shape index (κ1) is 14.1. The molecule has 1 atom stereocenters. The van der Waals surface area contributed by atoms with Gasteiger partial charge < -0.3 is 19.6 Å². The smallest absolute Gasteiger partial charge is 0.320 e. The Hall–Kier alpha value is -1.30. The van der Waals surface area contributed by atoms with Gasteiger partial charge in [0.15, 0.2) is 0 Å². The number of carbonyl (C=O) groups excluding carboxylic acids is 1. The number of methoxy groups -OCH3 is 1. The number of urea groups is 1. The predicted octanol–water partition coefficient (Wildman–Crippen LogP) is 1.01. The number of aliphatic carboxylic acids is 1. The molecule has 6 nitrogen and oxygen atoms in total. The van der Waals surface area contributed by atoms with Crippen molar-refractivity contribution in [2.24, 2.45) is 5.92 Å². The Morgan fingerprint density at radius 2 is 2.05 bits per heavy atom. The topological polar surface area (TPSA) is 70.1 Å². The molecular formula is C13H22N2O4. The molecule has 0 saturated carbocycles. The highest BCUT2D eigenvalue weighted by molar-refractivity contribution is 5.76. The quantitative estimate of drug-likeness (QED) is 0.831. The Morgan fingerprint density at radius 1 is 1.37 bits per heavy atom. The monoisotopic (exact) mass is 270 g/mol. The summed E-state index contributed by atoms with van der Waals surface area (Å²) in [6, 6.07) is 0.0182. The molecule has 0 aromatic rings. The third-order valence-electron chi connectivity index (χ3n) is 4.11. The van der Waals surface area contributed by atoms with Crippen molar-refractivity contribution < 1.29 is 19.4 Å². The first-order valence-electron chi connectivity index (χ1n) is 6.74. The number of hydrogen-bond donors (Lipinski definition) is 1. The number of carboxylic acids is 1. The van der Waals surface area contributed by atoms with Gasteiger partial charge in [0.25, 0.3) is 0 Å². The van der Waals surface area contributed by atoms with Gasteiger partial charge in [0, 0.05) is 32.7 Å². The molecule has 0 aliphatic carbocycles. The van der Waals surface area contributed by atoms with Gasteiger partial charge in [-0.25, -0.2) is 4.79 Å². The van der Waals surface area contributed by atoms with Crippen LogP contribution in [0.25, 0.3) is 0 Å². The van der Waals surface area contributed by atoms with E-state index in [0.717, 1.165) is 19.4 Å². The number of amides is 2. The summed E-state index contributed by atoms with van der Waals surface area (Å²) >= 11 is 0. The van der Waals surface area contributed by atoms with Crippen molar-refractivity contribution in [3.63, 3.8) is 0 Å². The lowest BCUT2D eigenvalue weighted by atomic mass is 9.94. The van der Waals surface area contributed by atoms with Crippen LogP contribution in [0.4, 0.5) is 4.79 Å². The lowest BCUT2D eigenvalue weighted by molar-refractivity contribution is -0.139. The zero-order valence-corrected chi connectivity index (χ0v) is 11.6. The van der Waals surface area contributed by atoms with Gasteiger partial charge in [-0.05, 0) is 19.8 Å². The summed E-state index contributed by atoms with van der Waals surface area (Å²) in [5.74, 6) is -0.679. The summed E-state index contributed by atoms with van der Waals surface area (Å²) in [6.45, 7) is 4.52. The fraction of sp³-hybridized carbons (Fsp3) is 0.846. The molecule has 0 spiro atoms. The molecule has 2 amide bonds. The van der Waals surface area contributed by atoms with Crippen LogP contribution in [0, 0.1) is 5.92 Å². The van der Waals surface area contributed by atoms with Gasteiger partial charge in [0.05, 0.1) is 18.6 Å². The van der Waals surface area contributed by atoms with Gasteiger partial charge in [0.2, 0.25) is 0 Å². The van der Waals surface area contributed by atoms with E-state index in [1.165, 1.54) is 0 Å². The largest absolute Gasteiger partial charge is 0.481 e. The summed E-state index contributed by atoms with van der Waals surface area (Å²) in [5, 5.41) is 8.69. The molecule has 0 aromatic heterocycles. The van der Waals surface area contributed by atoms with Crippen molar-refractivity contribution >= 4 is 12.0 Å². The van der Waals surface area contributed by atoms with Crippen molar-refractivity contribution in [1.29, 1.82) is 0 Å². The fourth-order valence-corrected chi connectivity index (χ4v) is 2.84. The molecule has 0 bridgehead atoms. The second-order valence-corrected chi connectivity index (χ2v) is 5.83. The van der Waals surface area contributed by atoms with E-state index in [9.17, 15) is 9.59 Å². The zero-order valence-electron chi connectivity index (χ0n) is 11.6. The molecular weight excluding hydrogens is 248 g/mol. The van der Waals surface area contributed by atoms with Crippen LogP contribution in [0.2, 0.25) is 0 Å². The van der Waals surface area contributed by atoms with Crippen LogP contribution in [-0.4, -0.2) is 65.8 Å². The molecule has 2 aliphatic heterocycles. The van der Waals surface area contributed by atoms with Gasteiger partial charge in [-0.2, -0.15) is 0 Å². The summed E-state index contributed by atoms with van der Waals surface area (Å²) in [7, 11) is 1.68. The Balaban J connectivity index is 1.83. The first-order valence-corrected chi connectivity index (χ1v) is 6.74. The molecule has 0 radical (unpaired) electrons. The third-order valence-corrected chi connectivity index (χ3v) is 4.11. The third kappa shape index (κ3) is 3.18. The highest BCUT2D eigenvalue weighted by atomic mass is 16.5. The lowest BCUT2D eigenvalue weighted by Gasteiger charge is -2.45. The van der Waals surface area contributed by atoms with Crippen molar-refractivity contribution in [2.45, 2.75) is 31.8 Å². The van der Waals surface area contributed by atoms with E-state index in [-0.39, 0.29) is 24.0 Å². The van der Waals surface area contributed by atoms with Gasteiger partial charge in [-0.3, -0.25) is 4.79 Å². The highest BCUT2D eigenvalue weighted by Gasteiger charge is 2.38. The summed E-state index contributed by atoms with van der Waals surface area (Å²) in [6.07, 6.45) is 2.07. The lowest BCUT2D eigenvalue weighted by Crippen LogP contribution is -2.59. The standard InChI is InChI=1S/C13H22N2O4/c1-13(19-2)4-3-5-14(9-13)12(18)15-7-10(8-15)6-11(16)17/h10H,3-9H2,1-2H3,(H,16,17). The highest BCUT2D eigenvalue weighted by Crippen LogP contribution is 2.27. The molecule has 2 saturated heterocycles. The molecule has 2 fully saturated rings. The summed E-state index contributed by atoms with van der Waals surface area (Å²) in [4.78, 5) is 26.4. The van der Waals surface area contributed by atoms with Crippen molar-refractivity contribution in [3.8, 4) is 0 Å². The predicted molar refractivity (Wildman–Crippen MR) is 68.9 cm³/mol. The summed E-state index contributed by atoms with van der Waals surface area (Å²) in [5.41, 5.74) is -0.251. The Morgan fingerprint density at radius 3 is 2.63 bits per heavy atom. The van der Waals surface area contributed by atoms with E-state index < -0.39 is 5.97 Å². The van der Waals surface area contributed by atoms with Gasteiger partial charge >= 0.3 is 12.0 Å². The van der Waals surface area contributed by atoms with Crippen LogP contribution in [-0.2, 0) is 9.53 Å². The maximum absolute atomic E-state index is 12.3. The number of carboxylic acid groups (broad SMARTS) is 1. The minimum atomic E-state index is -0.790. The van der Waals surface area contributed by atoms with Crippen LogP contribution in [0.1, 0.15) is 26.2 Å². The molecule has 19 heavy (non-hydrogen) atoms. The van der Waals surface area contributed by atoms with Crippen molar-refractivity contribution in [1.82, 2.24) is 9.80 Å². The minimum absolute atomic E-state index is 0.0182. The first-order chi connectivity index (χ1) is 8.93. The Labute approximate surface area is 113 Å². The number of likely N-dealkylation sites (tertiary alicyclic amines) is 2. The average molecular weight is 270 g/mol. The van der Waals surface area contributed by atoms with Crippen LogP contribution >= 0.6 is 0 Å². The molecule has 6 heteroatoms. The number of carbonyl (C=O) groups is 2. The normalized spacial score (nSPS) is 28.1. The zero-order chi connectivity index (χ0) is 14.0.